The maximum atomic E-state index is 13.9. The minimum Gasteiger partial charge on any atom is -0.325 e. The van der Waals surface area contributed by atoms with Gasteiger partial charge in [0.15, 0.2) is 22.3 Å². The van der Waals surface area contributed by atoms with E-state index in [-0.39, 0.29) is 47.9 Å². The molecule has 57 heavy (non-hydrogen) atoms. The second-order valence-electron chi connectivity index (χ2n) is 13.2. The van der Waals surface area contributed by atoms with E-state index in [0.717, 1.165) is 19.7 Å². The van der Waals surface area contributed by atoms with Gasteiger partial charge in [0.05, 0.1) is 36.8 Å². The molecule has 0 fully saturated rings. The van der Waals surface area contributed by atoms with Gasteiger partial charge in [-0.05, 0) is 48.0 Å². The van der Waals surface area contributed by atoms with Crippen LogP contribution in [0.5, 0.6) is 0 Å². The van der Waals surface area contributed by atoms with Crippen molar-refractivity contribution in [3.8, 4) is 21.8 Å². The zero-order valence-electron chi connectivity index (χ0n) is 30.6. The summed E-state index contributed by atoms with van der Waals surface area (Å²) < 4.78 is 7.38. The highest BCUT2D eigenvalue weighted by molar-refractivity contribution is 7.13. The lowest BCUT2D eigenvalue weighted by atomic mass is 10.1. The minimum absolute atomic E-state index is 0.0630. The van der Waals surface area contributed by atoms with E-state index in [4.69, 9.17) is 0 Å². The number of benzene rings is 2. The number of nitrogens with zero attached hydrogens (tertiary/aromatic N) is 10. The van der Waals surface area contributed by atoms with E-state index >= 15 is 0 Å². The van der Waals surface area contributed by atoms with Crippen LogP contribution in [0.1, 0.15) is 5.56 Å². The second kappa shape index (κ2) is 14.6. The summed E-state index contributed by atoms with van der Waals surface area (Å²) in [5.74, 6) is -0.819. The molecule has 0 radical (unpaired) electrons. The number of carbonyl (C=O) groups is 2. The molecule has 0 atom stereocenters. The van der Waals surface area contributed by atoms with Crippen LogP contribution in [0.2, 0.25) is 0 Å². The highest BCUT2D eigenvalue weighted by atomic mass is 32.1. The van der Waals surface area contributed by atoms with Gasteiger partial charge in [-0.2, -0.15) is 0 Å². The Labute approximate surface area is 324 Å². The lowest BCUT2D eigenvalue weighted by molar-refractivity contribution is -0.117. The third-order valence-corrected chi connectivity index (χ3v) is 10.2. The highest BCUT2D eigenvalue weighted by Crippen LogP contribution is 2.24. The van der Waals surface area contributed by atoms with Crippen LogP contribution in [0.4, 0.5) is 11.4 Å². The van der Waals surface area contributed by atoms with Crippen LogP contribution < -0.4 is 33.1 Å². The highest BCUT2D eigenvalue weighted by Gasteiger charge is 2.19. The van der Waals surface area contributed by atoms with Gasteiger partial charge < -0.3 is 19.8 Å². The largest absolute Gasteiger partial charge is 0.332 e. The van der Waals surface area contributed by atoms with Crippen LogP contribution in [-0.4, -0.2) is 59.2 Å². The van der Waals surface area contributed by atoms with Gasteiger partial charge in [-0.1, -0.05) is 18.2 Å². The molecule has 19 heteroatoms. The van der Waals surface area contributed by atoms with Crippen molar-refractivity contribution in [2.75, 3.05) is 10.6 Å². The quantitative estimate of drug-likeness (QED) is 0.207. The van der Waals surface area contributed by atoms with Gasteiger partial charge in [-0.25, -0.2) is 24.5 Å². The Morgan fingerprint density at radius 1 is 0.667 bits per heavy atom. The number of hydrogen-bond donors (Lipinski definition) is 2. The molecule has 8 rings (SSSR count). The average Bonchev–Trinajstić information content (AvgIpc) is 3.99. The summed E-state index contributed by atoms with van der Waals surface area (Å²) in [6, 6.07) is 17.9. The Kier molecular flexibility index (Phi) is 9.33. The first-order chi connectivity index (χ1) is 27.5. The van der Waals surface area contributed by atoms with Crippen molar-refractivity contribution in [2.45, 2.75) is 19.6 Å². The number of pyridine rings is 1. The molecule has 0 bridgehead atoms. The Bertz CT molecular complexity index is 3100. The van der Waals surface area contributed by atoms with Crippen molar-refractivity contribution in [2.24, 2.45) is 21.1 Å². The summed E-state index contributed by atoms with van der Waals surface area (Å²) in [7, 11) is 4.38. The predicted molar refractivity (Wildman–Crippen MR) is 213 cm³/mol. The van der Waals surface area contributed by atoms with E-state index in [0.29, 0.717) is 28.2 Å². The first-order valence-electron chi connectivity index (χ1n) is 17.4. The molecule has 0 aliphatic carbocycles. The summed E-state index contributed by atoms with van der Waals surface area (Å²) in [4.78, 5) is 95.5. The molecule has 2 amide bonds. The molecule has 0 spiro atoms. The van der Waals surface area contributed by atoms with Crippen molar-refractivity contribution in [3.05, 3.63) is 138 Å². The second-order valence-corrected chi connectivity index (χ2v) is 14.1. The number of amides is 2. The molecule has 2 N–H and O–H groups in total. The van der Waals surface area contributed by atoms with Gasteiger partial charge in [0.1, 0.15) is 18.1 Å². The van der Waals surface area contributed by atoms with Gasteiger partial charge in [-0.15, -0.1) is 11.3 Å². The fourth-order valence-electron chi connectivity index (χ4n) is 6.52. The Morgan fingerprint density at radius 3 is 1.93 bits per heavy atom. The number of thiazole rings is 1. The van der Waals surface area contributed by atoms with Crippen molar-refractivity contribution >= 4 is 56.9 Å². The minimum atomic E-state index is -0.595. The number of nitrogens with one attached hydrogen (secondary N) is 2. The topological polar surface area (TPSA) is 208 Å². The van der Waals surface area contributed by atoms with Crippen molar-refractivity contribution < 1.29 is 9.59 Å². The first kappa shape index (κ1) is 36.4. The third kappa shape index (κ3) is 6.86. The molecule has 6 aromatic heterocycles. The molecule has 2 aromatic carbocycles. The number of hydrogen-bond acceptors (Lipinski definition) is 11. The SMILES string of the molecule is Cn1c(=O)c2c(ncn2CC(=O)Nc2ccc(-c3cccc(Cn4c(=O)c5c(ncn5CC(=O)Nc5ccc(-c6nccs6)cc5)n(C)c4=O)c3)nc2)n(C)c1=O. The lowest BCUT2D eigenvalue weighted by Gasteiger charge is -2.11. The normalized spacial score (nSPS) is 11.4. The van der Waals surface area contributed by atoms with Crippen molar-refractivity contribution in [3.63, 3.8) is 0 Å². The monoisotopic (exact) mass is 784 g/mol. The van der Waals surface area contributed by atoms with Gasteiger partial charge in [-0.3, -0.25) is 42.4 Å². The number of imidazole rings is 2. The van der Waals surface area contributed by atoms with Gasteiger partial charge >= 0.3 is 11.4 Å². The standard InChI is InChI=1S/C38H32N12O6S/c1-45-32-30(35(53)47(3)37(45)55)48(20-41-32)19-29(52)44-26-11-12-27(40-16-26)24-6-4-5-22(15-24)17-50-36(54)31-33(46(2)38(50)56)42-21-49(31)18-28(51)43-25-9-7-23(8-10-25)34-39-13-14-57-34/h4-16,20-21H,17-19H2,1-3H3,(H,43,51)(H,44,52). The zero-order valence-corrected chi connectivity index (χ0v) is 31.4. The number of anilines is 2. The molecule has 0 unspecified atom stereocenters. The molecule has 0 aliphatic heterocycles. The number of carbonyl (C=O) groups excluding carboxylic acids is 2. The molecule has 6 heterocycles. The van der Waals surface area contributed by atoms with Gasteiger partial charge in [0.25, 0.3) is 11.1 Å². The van der Waals surface area contributed by atoms with Crippen molar-refractivity contribution in [1.82, 2.24) is 47.3 Å². The first-order valence-corrected chi connectivity index (χ1v) is 18.3. The molecule has 0 saturated carbocycles. The summed E-state index contributed by atoms with van der Waals surface area (Å²) in [6.45, 7) is -0.500. The van der Waals surface area contributed by atoms with Crippen LogP contribution >= 0.6 is 11.3 Å². The number of aryl methyl sites for hydroxylation is 2. The van der Waals surface area contributed by atoms with Crippen LogP contribution in [-0.2, 0) is 50.4 Å². The number of rotatable bonds is 10. The summed E-state index contributed by atoms with van der Waals surface area (Å²) in [6.07, 6.45) is 5.91. The Balaban J connectivity index is 0.967. The van der Waals surface area contributed by atoms with E-state index < -0.39 is 28.4 Å². The van der Waals surface area contributed by atoms with E-state index in [2.05, 4.69) is 30.6 Å². The number of fused-ring (bicyclic) bond motifs is 2. The van der Waals surface area contributed by atoms with Crippen LogP contribution in [0, 0.1) is 0 Å². The number of aromatic nitrogens is 10. The Morgan fingerprint density at radius 2 is 1.30 bits per heavy atom. The average molecular weight is 785 g/mol. The van der Waals surface area contributed by atoms with E-state index in [1.165, 1.54) is 69.6 Å². The molecule has 0 aliphatic rings. The van der Waals surface area contributed by atoms with Crippen LogP contribution in [0.25, 0.3) is 44.2 Å². The summed E-state index contributed by atoms with van der Waals surface area (Å²) >= 11 is 1.51. The smallest absolute Gasteiger partial charge is 0.325 e. The van der Waals surface area contributed by atoms with E-state index in [1.807, 2.05) is 23.6 Å². The predicted octanol–water partition coefficient (Wildman–Crippen LogP) is 2.15. The summed E-state index contributed by atoms with van der Waals surface area (Å²) in [5, 5.41) is 8.35. The molecular weight excluding hydrogens is 753 g/mol. The van der Waals surface area contributed by atoms with E-state index in [1.54, 1.807) is 48.7 Å². The maximum absolute atomic E-state index is 13.9. The van der Waals surface area contributed by atoms with Crippen LogP contribution in [0.3, 0.4) is 0 Å². The third-order valence-electron chi connectivity index (χ3n) is 9.41. The van der Waals surface area contributed by atoms with Crippen LogP contribution in [0.15, 0.2) is 110 Å². The zero-order chi connectivity index (χ0) is 40.0. The molecule has 18 nitrogen and oxygen atoms in total. The fourth-order valence-corrected chi connectivity index (χ4v) is 7.17. The molecular formula is C38H32N12O6S. The molecule has 8 aromatic rings. The van der Waals surface area contributed by atoms with Gasteiger partial charge in [0.2, 0.25) is 11.8 Å². The molecule has 286 valence electrons. The summed E-state index contributed by atoms with van der Waals surface area (Å²) in [5.41, 5.74) is 2.14. The lowest BCUT2D eigenvalue weighted by Crippen LogP contribution is -2.40. The van der Waals surface area contributed by atoms with Crippen molar-refractivity contribution in [1.29, 1.82) is 0 Å². The van der Waals surface area contributed by atoms with E-state index in [9.17, 15) is 28.8 Å². The Hall–Kier alpha value is -7.54. The van der Waals surface area contributed by atoms with Gasteiger partial charge in [0, 0.05) is 49.5 Å². The maximum Gasteiger partial charge on any atom is 0.332 e. The fraction of sp³-hybridized carbons (Fsp3) is 0.158. The molecule has 0 saturated heterocycles.